The number of hydrogen-bond donors (Lipinski definition) is 1. The highest BCUT2D eigenvalue weighted by Crippen LogP contribution is 2.04. The van der Waals surface area contributed by atoms with Crippen LogP contribution in [0.5, 0.6) is 0 Å². The predicted molar refractivity (Wildman–Crippen MR) is 72.6 cm³/mol. The van der Waals surface area contributed by atoms with Gasteiger partial charge in [0, 0.05) is 25.4 Å². The molecule has 94 valence electrons. The Labute approximate surface area is 106 Å². The third-order valence-corrected chi connectivity index (χ3v) is 2.91. The Morgan fingerprint density at radius 3 is 2.67 bits per heavy atom. The highest BCUT2D eigenvalue weighted by atomic mass is 16.1. The van der Waals surface area contributed by atoms with Gasteiger partial charge in [-0.15, -0.1) is 0 Å². The Balaban J connectivity index is 2.16. The lowest BCUT2D eigenvalue weighted by Crippen LogP contribution is -2.24. The molecule has 1 heterocycles. The highest BCUT2D eigenvalue weighted by Gasteiger charge is 2.05. The van der Waals surface area contributed by atoms with Crippen LogP contribution in [0.3, 0.4) is 0 Å². The number of aromatic nitrogens is 2. The zero-order valence-electron chi connectivity index (χ0n) is 10.7. The summed E-state index contributed by atoms with van der Waals surface area (Å²) in [6.45, 7) is 2.61. The molecular weight excluding hydrogens is 226 g/mol. The summed E-state index contributed by atoms with van der Waals surface area (Å²) >= 11 is 0. The summed E-state index contributed by atoms with van der Waals surface area (Å²) in [5, 5.41) is 3.17. The van der Waals surface area contributed by atoms with E-state index in [9.17, 15) is 4.79 Å². The van der Waals surface area contributed by atoms with Crippen molar-refractivity contribution < 1.29 is 0 Å². The van der Waals surface area contributed by atoms with E-state index in [-0.39, 0.29) is 5.56 Å². The summed E-state index contributed by atoms with van der Waals surface area (Å²) < 4.78 is 1.56. The molecule has 0 aliphatic rings. The molecule has 0 saturated carbocycles. The van der Waals surface area contributed by atoms with Gasteiger partial charge in [-0.1, -0.05) is 37.3 Å². The third-order valence-electron chi connectivity index (χ3n) is 2.91. The van der Waals surface area contributed by atoms with Crippen LogP contribution in [0.25, 0.3) is 0 Å². The van der Waals surface area contributed by atoms with E-state index in [2.05, 4.69) is 10.3 Å². The van der Waals surface area contributed by atoms with Crippen LogP contribution in [0, 0.1) is 0 Å². The predicted octanol–water partition coefficient (Wildman–Crippen LogP) is 1.95. The molecule has 4 heteroatoms. The van der Waals surface area contributed by atoms with Gasteiger partial charge in [0.15, 0.2) is 0 Å². The molecule has 1 aromatic carbocycles. The number of benzene rings is 1. The molecule has 0 saturated heterocycles. The molecule has 0 bridgehead atoms. The Kier molecular flexibility index (Phi) is 3.77. The SMILES string of the molecule is CCc1cnc(NCc2ccccc2)n(C)c1=O. The number of anilines is 1. The molecule has 0 spiro atoms. The molecule has 0 radical (unpaired) electrons. The molecule has 0 fully saturated rings. The number of nitrogens with zero attached hydrogens (tertiary/aromatic N) is 2. The van der Waals surface area contributed by atoms with Crippen LogP contribution in [0.15, 0.2) is 41.3 Å². The van der Waals surface area contributed by atoms with Gasteiger partial charge in [-0.25, -0.2) is 4.98 Å². The summed E-state index contributed by atoms with van der Waals surface area (Å²) in [6, 6.07) is 10.0. The summed E-state index contributed by atoms with van der Waals surface area (Å²) in [7, 11) is 1.74. The van der Waals surface area contributed by atoms with Gasteiger partial charge in [-0.3, -0.25) is 9.36 Å². The third kappa shape index (κ3) is 2.59. The molecule has 18 heavy (non-hydrogen) atoms. The zero-order valence-corrected chi connectivity index (χ0v) is 10.7. The van der Waals surface area contributed by atoms with Gasteiger partial charge in [-0.05, 0) is 12.0 Å². The molecule has 0 amide bonds. The first-order valence-electron chi connectivity index (χ1n) is 6.05. The molecular formula is C14H17N3O. The first-order chi connectivity index (χ1) is 8.72. The van der Waals surface area contributed by atoms with E-state index < -0.39 is 0 Å². The van der Waals surface area contributed by atoms with Crippen LogP contribution in [-0.2, 0) is 20.0 Å². The molecule has 0 atom stereocenters. The Bertz CT molecular complexity index is 575. The van der Waals surface area contributed by atoms with Crippen molar-refractivity contribution in [3.63, 3.8) is 0 Å². The highest BCUT2D eigenvalue weighted by molar-refractivity contribution is 5.29. The smallest absolute Gasteiger partial charge is 0.257 e. The van der Waals surface area contributed by atoms with E-state index in [0.717, 1.165) is 11.1 Å². The molecule has 0 aliphatic heterocycles. The summed E-state index contributed by atoms with van der Waals surface area (Å²) in [5.74, 6) is 0.598. The minimum atomic E-state index is 0.0167. The van der Waals surface area contributed by atoms with E-state index in [1.54, 1.807) is 17.8 Å². The maximum atomic E-state index is 11.9. The van der Waals surface area contributed by atoms with E-state index in [1.165, 1.54) is 0 Å². The zero-order chi connectivity index (χ0) is 13.0. The first kappa shape index (κ1) is 12.4. The fraction of sp³-hybridized carbons (Fsp3) is 0.286. The van der Waals surface area contributed by atoms with E-state index in [4.69, 9.17) is 0 Å². The van der Waals surface area contributed by atoms with Crippen molar-refractivity contribution in [3.05, 3.63) is 58.0 Å². The fourth-order valence-corrected chi connectivity index (χ4v) is 1.78. The van der Waals surface area contributed by atoms with Crippen LogP contribution in [0.4, 0.5) is 5.95 Å². The number of rotatable bonds is 4. The lowest BCUT2D eigenvalue weighted by molar-refractivity contribution is 0.798. The largest absolute Gasteiger partial charge is 0.352 e. The normalized spacial score (nSPS) is 10.3. The molecule has 0 aliphatic carbocycles. The van der Waals surface area contributed by atoms with Crippen molar-refractivity contribution in [1.29, 1.82) is 0 Å². The molecule has 0 unspecified atom stereocenters. The van der Waals surface area contributed by atoms with Gasteiger partial charge in [-0.2, -0.15) is 0 Å². The van der Waals surface area contributed by atoms with Gasteiger partial charge < -0.3 is 5.32 Å². The van der Waals surface area contributed by atoms with Gasteiger partial charge in [0.25, 0.3) is 5.56 Å². The van der Waals surface area contributed by atoms with Crippen molar-refractivity contribution in [2.75, 3.05) is 5.32 Å². The Hall–Kier alpha value is -2.10. The number of hydrogen-bond acceptors (Lipinski definition) is 3. The summed E-state index contributed by atoms with van der Waals surface area (Å²) in [6.07, 6.45) is 2.36. The maximum Gasteiger partial charge on any atom is 0.257 e. The lowest BCUT2D eigenvalue weighted by atomic mass is 10.2. The van der Waals surface area contributed by atoms with E-state index >= 15 is 0 Å². The molecule has 2 rings (SSSR count). The topological polar surface area (TPSA) is 46.9 Å². The molecule has 4 nitrogen and oxygen atoms in total. The summed E-state index contributed by atoms with van der Waals surface area (Å²) in [4.78, 5) is 16.2. The van der Waals surface area contributed by atoms with E-state index in [0.29, 0.717) is 18.9 Å². The monoisotopic (exact) mass is 243 g/mol. The van der Waals surface area contributed by atoms with Crippen LogP contribution >= 0.6 is 0 Å². The standard InChI is InChI=1S/C14H17N3O/c1-3-12-10-16-14(17(2)13(12)18)15-9-11-7-5-4-6-8-11/h4-8,10H,3,9H2,1-2H3,(H,15,16). The van der Waals surface area contributed by atoms with Crippen LogP contribution < -0.4 is 10.9 Å². The minimum absolute atomic E-state index is 0.0167. The van der Waals surface area contributed by atoms with Crippen LogP contribution in [-0.4, -0.2) is 9.55 Å². The second-order valence-corrected chi connectivity index (χ2v) is 4.16. The lowest BCUT2D eigenvalue weighted by Gasteiger charge is -2.10. The van der Waals surface area contributed by atoms with Crippen molar-refractivity contribution in [2.24, 2.45) is 7.05 Å². The first-order valence-corrected chi connectivity index (χ1v) is 6.05. The van der Waals surface area contributed by atoms with E-state index in [1.807, 2.05) is 37.3 Å². The quantitative estimate of drug-likeness (QED) is 0.893. The summed E-state index contributed by atoms with van der Waals surface area (Å²) in [5.41, 5.74) is 1.91. The number of nitrogens with one attached hydrogen (secondary N) is 1. The van der Waals surface area contributed by atoms with Crippen molar-refractivity contribution in [3.8, 4) is 0 Å². The second kappa shape index (κ2) is 5.49. The van der Waals surface area contributed by atoms with Crippen LogP contribution in [0.2, 0.25) is 0 Å². The van der Waals surface area contributed by atoms with Gasteiger partial charge >= 0.3 is 0 Å². The van der Waals surface area contributed by atoms with Crippen molar-refractivity contribution in [1.82, 2.24) is 9.55 Å². The van der Waals surface area contributed by atoms with Gasteiger partial charge in [0.05, 0.1) is 0 Å². The minimum Gasteiger partial charge on any atom is -0.352 e. The second-order valence-electron chi connectivity index (χ2n) is 4.16. The average Bonchev–Trinajstić information content (AvgIpc) is 2.42. The Morgan fingerprint density at radius 2 is 2.00 bits per heavy atom. The van der Waals surface area contributed by atoms with Crippen molar-refractivity contribution in [2.45, 2.75) is 19.9 Å². The Morgan fingerprint density at radius 1 is 1.28 bits per heavy atom. The maximum absolute atomic E-state index is 11.9. The average molecular weight is 243 g/mol. The fourth-order valence-electron chi connectivity index (χ4n) is 1.78. The number of aryl methyl sites for hydroxylation is 1. The van der Waals surface area contributed by atoms with Gasteiger partial charge in [0.2, 0.25) is 5.95 Å². The molecule has 1 N–H and O–H groups in total. The molecule has 2 aromatic rings. The van der Waals surface area contributed by atoms with Crippen LogP contribution in [0.1, 0.15) is 18.1 Å². The molecule has 1 aromatic heterocycles. The van der Waals surface area contributed by atoms with Crippen molar-refractivity contribution >= 4 is 5.95 Å². The van der Waals surface area contributed by atoms with Gasteiger partial charge in [0.1, 0.15) is 0 Å².